The largest absolute Gasteiger partial charge is 0.469 e. The maximum atomic E-state index is 11.5. The molecule has 0 aliphatic heterocycles. The summed E-state index contributed by atoms with van der Waals surface area (Å²) >= 11 is 0. The third-order valence-corrected chi connectivity index (χ3v) is 4.98. The van der Waals surface area contributed by atoms with Gasteiger partial charge in [-0.05, 0) is 11.1 Å². The minimum Gasteiger partial charge on any atom is -0.469 e. The first-order valence-electron chi connectivity index (χ1n) is 8.68. The van der Waals surface area contributed by atoms with Crippen molar-refractivity contribution in [3.05, 3.63) is 41.7 Å². The van der Waals surface area contributed by atoms with Crippen LogP contribution < -0.4 is 10.5 Å². The van der Waals surface area contributed by atoms with Crippen LogP contribution in [0.15, 0.2) is 30.6 Å². The molecule has 0 fully saturated rings. The van der Waals surface area contributed by atoms with Gasteiger partial charge in [-0.2, -0.15) is 9.97 Å². The van der Waals surface area contributed by atoms with Gasteiger partial charge in [0.25, 0.3) is 0 Å². The number of carbonyl (C=O) groups excluding carboxylic acids is 1. The lowest BCUT2D eigenvalue weighted by atomic mass is 10.1. The van der Waals surface area contributed by atoms with Crippen LogP contribution in [0.5, 0.6) is 6.01 Å². The summed E-state index contributed by atoms with van der Waals surface area (Å²) in [6.45, 7) is 0.359. The van der Waals surface area contributed by atoms with Crippen molar-refractivity contribution in [1.82, 2.24) is 19.5 Å². The van der Waals surface area contributed by atoms with E-state index in [2.05, 4.69) is 15.0 Å². The van der Waals surface area contributed by atoms with E-state index >= 15 is 0 Å². The third-order valence-electron chi connectivity index (χ3n) is 4.08. The minimum absolute atomic E-state index is 0.0140. The molecule has 1 aromatic carbocycles. The van der Waals surface area contributed by atoms with Gasteiger partial charge in [-0.15, -0.1) is 0 Å². The molecule has 0 spiro atoms. The van der Waals surface area contributed by atoms with Gasteiger partial charge >= 0.3 is 12.0 Å². The quantitative estimate of drug-likeness (QED) is 0.520. The van der Waals surface area contributed by atoms with Crippen molar-refractivity contribution in [2.45, 2.75) is 13.0 Å². The van der Waals surface area contributed by atoms with E-state index in [4.69, 9.17) is 15.2 Å². The average molecular weight is 419 g/mol. The number of hydrogen-bond acceptors (Lipinski definition) is 9. The highest BCUT2D eigenvalue weighted by Crippen LogP contribution is 2.20. The molecule has 2 heterocycles. The van der Waals surface area contributed by atoms with Gasteiger partial charge in [-0.25, -0.2) is 13.4 Å². The van der Waals surface area contributed by atoms with Gasteiger partial charge < -0.3 is 19.8 Å². The third kappa shape index (κ3) is 5.41. The lowest BCUT2D eigenvalue weighted by molar-refractivity contribution is -0.139. The minimum atomic E-state index is -3.16. The zero-order valence-corrected chi connectivity index (χ0v) is 16.8. The second kappa shape index (κ2) is 8.43. The van der Waals surface area contributed by atoms with E-state index in [0.717, 1.165) is 17.4 Å². The molecule has 2 aromatic heterocycles. The van der Waals surface area contributed by atoms with Crippen LogP contribution in [-0.4, -0.2) is 59.6 Å². The normalized spacial score (nSPS) is 11.5. The number of carbonyl (C=O) groups is 1. The summed E-state index contributed by atoms with van der Waals surface area (Å²) in [7, 11) is -1.81. The number of anilines is 1. The predicted molar refractivity (Wildman–Crippen MR) is 106 cm³/mol. The Morgan fingerprint density at radius 2 is 2.00 bits per heavy atom. The lowest BCUT2D eigenvalue weighted by Gasteiger charge is -2.08. The molecule has 154 valence electrons. The van der Waals surface area contributed by atoms with E-state index in [1.54, 1.807) is 10.9 Å². The Labute approximate surface area is 167 Å². The summed E-state index contributed by atoms with van der Waals surface area (Å²) in [4.78, 5) is 24.1. The van der Waals surface area contributed by atoms with Crippen molar-refractivity contribution >= 4 is 32.8 Å². The fourth-order valence-electron chi connectivity index (χ4n) is 2.68. The fraction of sp³-hybridized carbons (Fsp3) is 0.333. The van der Waals surface area contributed by atoms with E-state index < -0.39 is 9.84 Å². The summed E-state index contributed by atoms with van der Waals surface area (Å²) in [5.41, 5.74) is 8.59. The number of nitrogens with two attached hydrogens (primary N) is 1. The van der Waals surface area contributed by atoms with Gasteiger partial charge in [0.05, 0.1) is 32.2 Å². The van der Waals surface area contributed by atoms with Crippen LogP contribution in [0.2, 0.25) is 0 Å². The van der Waals surface area contributed by atoms with Gasteiger partial charge in [0, 0.05) is 6.26 Å². The molecule has 0 aliphatic carbocycles. The van der Waals surface area contributed by atoms with Crippen LogP contribution in [0, 0.1) is 0 Å². The monoisotopic (exact) mass is 419 g/mol. The number of nitrogens with zero attached hydrogens (tertiary/aromatic N) is 4. The maximum absolute atomic E-state index is 11.5. The van der Waals surface area contributed by atoms with Crippen molar-refractivity contribution in [2.24, 2.45) is 0 Å². The van der Waals surface area contributed by atoms with Gasteiger partial charge in [-0.3, -0.25) is 4.79 Å². The number of methoxy groups -OCH3 is 1. The molecule has 0 unspecified atom stereocenters. The van der Waals surface area contributed by atoms with E-state index in [9.17, 15) is 13.2 Å². The molecule has 2 N–H and O–H groups in total. The van der Waals surface area contributed by atoms with Crippen LogP contribution >= 0.6 is 0 Å². The Morgan fingerprint density at radius 1 is 1.24 bits per heavy atom. The molecular weight excluding hydrogens is 398 g/mol. The number of nitrogen functional groups attached to an aromatic ring is 1. The summed E-state index contributed by atoms with van der Waals surface area (Å²) in [6, 6.07) is 7.51. The van der Waals surface area contributed by atoms with Crippen LogP contribution in [0.1, 0.15) is 11.1 Å². The van der Waals surface area contributed by atoms with Crippen molar-refractivity contribution in [1.29, 1.82) is 0 Å². The summed E-state index contributed by atoms with van der Waals surface area (Å²) in [5.74, 6) is -0.324. The lowest BCUT2D eigenvalue weighted by Crippen LogP contribution is -2.14. The molecular formula is C18H21N5O5S. The molecule has 11 heteroatoms. The molecule has 10 nitrogen and oxygen atoms in total. The first kappa shape index (κ1) is 20.5. The van der Waals surface area contributed by atoms with Gasteiger partial charge in [0.15, 0.2) is 26.8 Å². The molecule has 0 atom stereocenters. The number of sulfone groups is 1. The molecule has 3 rings (SSSR count). The smallest absolute Gasteiger partial charge is 0.320 e. The number of ether oxygens (including phenoxy) is 2. The van der Waals surface area contributed by atoms with E-state index in [0.29, 0.717) is 17.7 Å². The zero-order chi connectivity index (χ0) is 21.0. The zero-order valence-electron chi connectivity index (χ0n) is 16.0. The van der Waals surface area contributed by atoms with Crippen LogP contribution in [0.3, 0.4) is 0 Å². The van der Waals surface area contributed by atoms with Crippen LogP contribution in [-0.2, 0) is 32.3 Å². The molecule has 0 saturated carbocycles. The molecule has 0 amide bonds. The second-order valence-corrected chi connectivity index (χ2v) is 8.75. The van der Waals surface area contributed by atoms with Gasteiger partial charge in [-0.1, -0.05) is 24.3 Å². The number of fused-ring (bicyclic) bond motifs is 1. The second-order valence-electron chi connectivity index (χ2n) is 6.49. The number of rotatable bonds is 8. The molecule has 0 aliphatic rings. The van der Waals surface area contributed by atoms with E-state index in [-0.39, 0.29) is 36.6 Å². The molecule has 0 saturated heterocycles. The first-order chi connectivity index (χ1) is 13.7. The maximum Gasteiger partial charge on any atom is 0.320 e. The van der Waals surface area contributed by atoms with Gasteiger partial charge in [0.2, 0.25) is 0 Å². The number of aromatic nitrogens is 4. The Balaban J connectivity index is 1.83. The summed E-state index contributed by atoms with van der Waals surface area (Å²) in [6.07, 6.45) is 2.89. The summed E-state index contributed by atoms with van der Waals surface area (Å²) in [5, 5.41) is 0. The van der Waals surface area contributed by atoms with Gasteiger partial charge in [0.1, 0.15) is 6.61 Å². The fourth-order valence-corrected chi connectivity index (χ4v) is 3.07. The molecule has 0 radical (unpaired) electrons. The first-order valence-corrected chi connectivity index (χ1v) is 10.7. The van der Waals surface area contributed by atoms with Crippen molar-refractivity contribution < 1.29 is 22.7 Å². The number of imidazole rings is 1. The standard InChI is InChI=1S/C18H21N5O5S/c1-27-14(24)9-12-4-3-5-13(8-12)10-23-11-20-15-16(19)21-18(22-17(15)23)28-6-7-29(2,25)26/h3-5,8,11H,6-7,9-10H2,1-2H3,(H2,19,21,22). The van der Waals surface area contributed by atoms with Crippen molar-refractivity contribution in [3.63, 3.8) is 0 Å². The van der Waals surface area contributed by atoms with E-state index in [1.807, 2.05) is 24.3 Å². The highest BCUT2D eigenvalue weighted by atomic mass is 32.2. The Kier molecular flexibility index (Phi) is 5.97. The highest BCUT2D eigenvalue weighted by molar-refractivity contribution is 7.90. The van der Waals surface area contributed by atoms with Crippen molar-refractivity contribution in [2.75, 3.05) is 31.5 Å². The summed E-state index contributed by atoms with van der Waals surface area (Å²) < 4.78 is 34.3. The SMILES string of the molecule is COC(=O)Cc1cccc(Cn2cnc3c(N)nc(OCCS(C)(=O)=O)nc32)c1. The van der Waals surface area contributed by atoms with Crippen molar-refractivity contribution in [3.8, 4) is 6.01 Å². The molecule has 29 heavy (non-hydrogen) atoms. The predicted octanol–water partition coefficient (Wildman–Crippen LogP) is 0.596. The molecule has 0 bridgehead atoms. The Hall–Kier alpha value is -3.21. The highest BCUT2D eigenvalue weighted by Gasteiger charge is 2.14. The molecule has 3 aromatic rings. The number of esters is 1. The number of hydrogen-bond donors (Lipinski definition) is 1. The Morgan fingerprint density at radius 3 is 2.72 bits per heavy atom. The topological polar surface area (TPSA) is 139 Å². The van der Waals surface area contributed by atoms with Crippen LogP contribution in [0.4, 0.5) is 5.82 Å². The van der Waals surface area contributed by atoms with Crippen LogP contribution in [0.25, 0.3) is 11.2 Å². The Bertz CT molecular complexity index is 1140. The average Bonchev–Trinajstić information content (AvgIpc) is 3.04. The van der Waals surface area contributed by atoms with E-state index in [1.165, 1.54) is 7.11 Å². The number of benzene rings is 1.